The number of nitrogens with two attached hydrogens (primary N) is 1. The summed E-state index contributed by atoms with van der Waals surface area (Å²) in [5.41, 5.74) is 8.05. The Morgan fingerprint density at radius 1 is 1.53 bits per heavy atom. The summed E-state index contributed by atoms with van der Waals surface area (Å²) in [7, 11) is 0. The van der Waals surface area contributed by atoms with Gasteiger partial charge in [-0.2, -0.15) is 0 Å². The van der Waals surface area contributed by atoms with E-state index in [9.17, 15) is 4.79 Å². The molecule has 0 aliphatic rings. The zero-order valence-electron chi connectivity index (χ0n) is 9.93. The Kier molecular flexibility index (Phi) is 2.99. The molecule has 5 nitrogen and oxygen atoms in total. The second-order valence-corrected chi connectivity index (χ2v) is 3.80. The SMILES string of the molecule is CCOC(=O)Cn1c(C)nc2cc(N)ccc21. The maximum atomic E-state index is 11.5. The van der Waals surface area contributed by atoms with E-state index >= 15 is 0 Å². The summed E-state index contributed by atoms with van der Waals surface area (Å²) < 4.78 is 6.76. The van der Waals surface area contributed by atoms with Crippen LogP contribution in [0.25, 0.3) is 11.0 Å². The summed E-state index contributed by atoms with van der Waals surface area (Å²) >= 11 is 0. The average molecular weight is 233 g/mol. The smallest absolute Gasteiger partial charge is 0.326 e. The normalized spacial score (nSPS) is 10.7. The molecule has 2 aromatic rings. The average Bonchev–Trinajstić information content (AvgIpc) is 2.55. The number of hydrogen-bond donors (Lipinski definition) is 1. The van der Waals surface area contributed by atoms with Gasteiger partial charge < -0.3 is 15.0 Å². The Balaban J connectivity index is 2.39. The van der Waals surface area contributed by atoms with Gasteiger partial charge in [-0.15, -0.1) is 0 Å². The molecule has 0 unspecified atom stereocenters. The topological polar surface area (TPSA) is 70.1 Å². The van der Waals surface area contributed by atoms with E-state index < -0.39 is 0 Å². The molecule has 0 radical (unpaired) electrons. The van der Waals surface area contributed by atoms with E-state index in [4.69, 9.17) is 10.5 Å². The first kappa shape index (κ1) is 11.4. The van der Waals surface area contributed by atoms with E-state index in [0.29, 0.717) is 12.3 Å². The fraction of sp³-hybridized carbons (Fsp3) is 0.333. The van der Waals surface area contributed by atoms with Crippen LogP contribution in [0.2, 0.25) is 0 Å². The number of aryl methyl sites for hydroxylation is 1. The van der Waals surface area contributed by atoms with Crippen LogP contribution in [0.5, 0.6) is 0 Å². The van der Waals surface area contributed by atoms with Gasteiger partial charge in [0.15, 0.2) is 0 Å². The number of carbonyl (C=O) groups excluding carboxylic acids is 1. The molecule has 0 fully saturated rings. The lowest BCUT2D eigenvalue weighted by Crippen LogP contribution is -2.14. The third-order valence-electron chi connectivity index (χ3n) is 2.56. The minimum absolute atomic E-state index is 0.181. The predicted molar refractivity (Wildman–Crippen MR) is 65.5 cm³/mol. The van der Waals surface area contributed by atoms with Crippen LogP contribution < -0.4 is 5.73 Å². The maximum absolute atomic E-state index is 11.5. The van der Waals surface area contributed by atoms with Crippen LogP contribution in [0.4, 0.5) is 5.69 Å². The van der Waals surface area contributed by atoms with Crippen LogP contribution in [0.1, 0.15) is 12.7 Å². The number of hydrogen-bond acceptors (Lipinski definition) is 4. The fourth-order valence-corrected chi connectivity index (χ4v) is 1.80. The Hall–Kier alpha value is -2.04. The summed E-state index contributed by atoms with van der Waals surface area (Å²) in [5.74, 6) is 0.519. The Bertz CT molecular complexity index is 560. The molecule has 0 atom stereocenters. The van der Waals surface area contributed by atoms with Gasteiger partial charge in [0.2, 0.25) is 0 Å². The molecule has 5 heteroatoms. The van der Waals surface area contributed by atoms with Crippen molar-refractivity contribution in [3.8, 4) is 0 Å². The molecule has 17 heavy (non-hydrogen) atoms. The summed E-state index contributed by atoms with van der Waals surface area (Å²) in [6, 6.07) is 5.46. The van der Waals surface area contributed by atoms with Crippen molar-refractivity contribution in [3.05, 3.63) is 24.0 Å². The number of fused-ring (bicyclic) bond motifs is 1. The number of imidazole rings is 1. The van der Waals surface area contributed by atoms with Crippen molar-refractivity contribution in [1.82, 2.24) is 9.55 Å². The van der Waals surface area contributed by atoms with E-state index in [0.717, 1.165) is 16.9 Å². The maximum Gasteiger partial charge on any atom is 0.326 e. The van der Waals surface area contributed by atoms with Crippen LogP contribution in [0, 0.1) is 6.92 Å². The number of anilines is 1. The number of nitrogens with zero attached hydrogens (tertiary/aromatic N) is 2. The standard InChI is InChI=1S/C12H15N3O2/c1-3-17-12(16)7-15-8(2)14-10-6-9(13)4-5-11(10)15/h4-6H,3,7,13H2,1-2H3. The lowest BCUT2D eigenvalue weighted by Gasteiger charge is -2.06. The van der Waals surface area contributed by atoms with Gasteiger partial charge in [-0.25, -0.2) is 4.98 Å². The van der Waals surface area contributed by atoms with Gasteiger partial charge in [0.1, 0.15) is 12.4 Å². The molecule has 0 bridgehead atoms. The summed E-state index contributed by atoms with van der Waals surface area (Å²) in [6.07, 6.45) is 0. The van der Waals surface area contributed by atoms with Gasteiger partial charge in [0.25, 0.3) is 0 Å². The van der Waals surface area contributed by atoms with Gasteiger partial charge in [-0.3, -0.25) is 4.79 Å². The lowest BCUT2D eigenvalue weighted by atomic mass is 10.3. The molecule has 0 saturated heterocycles. The third kappa shape index (κ3) is 2.22. The molecule has 2 rings (SSSR count). The molecule has 0 aliphatic heterocycles. The molecule has 1 heterocycles. The molecule has 0 amide bonds. The Labute approximate surface area is 99.2 Å². The zero-order valence-corrected chi connectivity index (χ0v) is 9.93. The quantitative estimate of drug-likeness (QED) is 0.644. The van der Waals surface area contributed by atoms with E-state index in [1.807, 2.05) is 17.6 Å². The first-order chi connectivity index (χ1) is 8.11. The van der Waals surface area contributed by atoms with Crippen LogP contribution in [0.15, 0.2) is 18.2 Å². The summed E-state index contributed by atoms with van der Waals surface area (Å²) in [6.45, 7) is 4.21. The second kappa shape index (κ2) is 4.45. The van der Waals surface area contributed by atoms with Crippen LogP contribution in [0.3, 0.4) is 0 Å². The molecular formula is C12H15N3O2. The molecule has 1 aromatic carbocycles. The van der Waals surface area contributed by atoms with Crippen molar-refractivity contribution < 1.29 is 9.53 Å². The van der Waals surface area contributed by atoms with Crippen molar-refractivity contribution in [1.29, 1.82) is 0 Å². The molecule has 0 aliphatic carbocycles. The van der Waals surface area contributed by atoms with Crippen molar-refractivity contribution in [2.75, 3.05) is 12.3 Å². The molecule has 0 saturated carbocycles. The lowest BCUT2D eigenvalue weighted by molar-refractivity contribution is -0.143. The predicted octanol–water partition coefficient (Wildman–Crippen LogP) is 1.49. The fourth-order valence-electron chi connectivity index (χ4n) is 1.80. The van der Waals surface area contributed by atoms with Crippen molar-refractivity contribution >= 4 is 22.7 Å². The number of rotatable bonds is 3. The largest absolute Gasteiger partial charge is 0.465 e. The third-order valence-corrected chi connectivity index (χ3v) is 2.56. The minimum atomic E-state index is -0.258. The highest BCUT2D eigenvalue weighted by atomic mass is 16.5. The first-order valence-corrected chi connectivity index (χ1v) is 5.49. The van der Waals surface area contributed by atoms with Gasteiger partial charge in [0.05, 0.1) is 17.6 Å². The van der Waals surface area contributed by atoms with Gasteiger partial charge in [0, 0.05) is 5.69 Å². The van der Waals surface area contributed by atoms with E-state index in [1.165, 1.54) is 0 Å². The van der Waals surface area contributed by atoms with Crippen LogP contribution in [-0.4, -0.2) is 22.1 Å². The number of esters is 1. The monoisotopic (exact) mass is 233 g/mol. The highest BCUT2D eigenvalue weighted by Crippen LogP contribution is 2.18. The summed E-state index contributed by atoms with van der Waals surface area (Å²) in [4.78, 5) is 15.8. The molecule has 2 N–H and O–H groups in total. The van der Waals surface area contributed by atoms with Gasteiger partial charge in [-0.1, -0.05) is 0 Å². The number of benzene rings is 1. The van der Waals surface area contributed by atoms with Crippen molar-refractivity contribution in [2.24, 2.45) is 0 Å². The van der Waals surface area contributed by atoms with Gasteiger partial charge >= 0.3 is 5.97 Å². The first-order valence-electron chi connectivity index (χ1n) is 5.49. The highest BCUT2D eigenvalue weighted by molar-refractivity contribution is 5.81. The van der Waals surface area contributed by atoms with E-state index in [2.05, 4.69) is 4.98 Å². The van der Waals surface area contributed by atoms with Crippen LogP contribution in [-0.2, 0) is 16.1 Å². The second-order valence-electron chi connectivity index (χ2n) is 3.80. The molecule has 1 aromatic heterocycles. The van der Waals surface area contributed by atoms with Crippen LogP contribution >= 0.6 is 0 Å². The number of aromatic nitrogens is 2. The number of carbonyl (C=O) groups is 1. The molecule has 90 valence electrons. The van der Waals surface area contributed by atoms with Gasteiger partial charge in [-0.05, 0) is 32.0 Å². The highest BCUT2D eigenvalue weighted by Gasteiger charge is 2.11. The van der Waals surface area contributed by atoms with Crippen molar-refractivity contribution in [3.63, 3.8) is 0 Å². The molecular weight excluding hydrogens is 218 g/mol. The van der Waals surface area contributed by atoms with E-state index in [-0.39, 0.29) is 12.5 Å². The Morgan fingerprint density at radius 2 is 2.29 bits per heavy atom. The van der Waals surface area contributed by atoms with E-state index in [1.54, 1.807) is 19.1 Å². The number of ether oxygens (including phenoxy) is 1. The minimum Gasteiger partial charge on any atom is -0.465 e. The van der Waals surface area contributed by atoms with Crippen molar-refractivity contribution in [2.45, 2.75) is 20.4 Å². The molecule has 0 spiro atoms. The number of nitrogen functional groups attached to an aromatic ring is 1. The zero-order chi connectivity index (χ0) is 12.4. The summed E-state index contributed by atoms with van der Waals surface area (Å²) in [5, 5.41) is 0. The Morgan fingerprint density at radius 3 is 3.00 bits per heavy atom.